The molecule has 2 fully saturated rings. The van der Waals surface area contributed by atoms with Crippen LogP contribution in [-0.2, 0) is 35.5 Å². The van der Waals surface area contributed by atoms with Crippen LogP contribution in [0.2, 0.25) is 0 Å². The molecule has 7 rings (SSSR count). The number of carbonyl (C=O) groups is 1. The van der Waals surface area contributed by atoms with Crippen molar-refractivity contribution in [3.8, 4) is 28.3 Å². The molecule has 0 spiro atoms. The predicted molar refractivity (Wildman–Crippen MR) is 225 cm³/mol. The van der Waals surface area contributed by atoms with E-state index in [1.807, 2.05) is 0 Å². The molecule has 0 bridgehead atoms. The minimum atomic E-state index is -0.831. The van der Waals surface area contributed by atoms with Crippen molar-refractivity contribution in [2.24, 2.45) is 0 Å². The summed E-state index contributed by atoms with van der Waals surface area (Å²) in [5.41, 5.74) is 12.2. The standard InChI is InChI=1S/C42H51BN6O3P2/c1-5-35-27(22-45-41(18-19-41)40(50)51)20-34(42(43,53)54)38(47-35)48-37-17-15-32-31(10-7-11-33(32)37)29-8-6-9-30(25(29)3)36-16-13-26(39(49-36)52-4)21-44-23-28-14-12-24(2)46-28/h6-11,13,16,20,28,37,44-46H,2,5,12,14-15,17-19,21-23,53-54H2,1,3-4H3,(H,47,48)(H,50,51)/t28?,37-/m0/s1. The van der Waals surface area contributed by atoms with Gasteiger partial charge in [-0.2, -0.15) is 0 Å². The fourth-order valence-electron chi connectivity index (χ4n) is 8.02. The number of allylic oxidation sites excluding steroid dienone is 1. The van der Waals surface area contributed by atoms with Crippen LogP contribution in [0.25, 0.3) is 22.4 Å². The molecule has 2 aliphatic carbocycles. The van der Waals surface area contributed by atoms with Gasteiger partial charge < -0.3 is 25.8 Å². The van der Waals surface area contributed by atoms with Crippen molar-refractivity contribution in [3.05, 3.63) is 106 Å². The number of ether oxygens (including phenoxy) is 1. The summed E-state index contributed by atoms with van der Waals surface area (Å²) in [6.45, 7) is 10.3. The lowest BCUT2D eigenvalue weighted by atomic mass is 9.90. The molecule has 2 aromatic heterocycles. The van der Waals surface area contributed by atoms with E-state index in [2.05, 4.69) is 115 Å². The summed E-state index contributed by atoms with van der Waals surface area (Å²) in [6.07, 6.45) is 5.97. The predicted octanol–water partition coefficient (Wildman–Crippen LogP) is 6.88. The number of carboxylic acids is 1. The number of benzene rings is 2. The number of methoxy groups -OCH3 is 1. The first-order chi connectivity index (χ1) is 25.9. The van der Waals surface area contributed by atoms with Gasteiger partial charge in [0.1, 0.15) is 11.4 Å². The van der Waals surface area contributed by atoms with E-state index in [1.165, 1.54) is 27.8 Å². The van der Waals surface area contributed by atoms with Gasteiger partial charge in [0, 0.05) is 48.2 Å². The van der Waals surface area contributed by atoms with Gasteiger partial charge in [-0.25, -0.2) is 9.97 Å². The fraction of sp³-hybridized carbons (Fsp3) is 0.405. The minimum Gasteiger partial charge on any atom is -0.481 e. The number of aryl methyl sites for hydroxylation is 1. The zero-order valence-electron chi connectivity index (χ0n) is 31.5. The molecule has 54 heavy (non-hydrogen) atoms. The summed E-state index contributed by atoms with van der Waals surface area (Å²) in [6, 6.07) is 19.8. The van der Waals surface area contributed by atoms with Crippen LogP contribution in [0.3, 0.4) is 0 Å². The second-order valence-corrected chi connectivity index (χ2v) is 17.7. The molecule has 1 saturated carbocycles. The van der Waals surface area contributed by atoms with Crippen molar-refractivity contribution < 1.29 is 14.6 Å². The average molecular weight is 761 g/mol. The van der Waals surface area contributed by atoms with Crippen LogP contribution in [0.15, 0.2) is 66.9 Å². The molecule has 9 nitrogen and oxygen atoms in total. The Morgan fingerprint density at radius 2 is 1.81 bits per heavy atom. The molecule has 4 atom stereocenters. The second-order valence-electron chi connectivity index (χ2n) is 15.1. The number of nitrogens with one attached hydrogen (secondary N) is 4. The summed E-state index contributed by atoms with van der Waals surface area (Å²) in [5, 5.41) is 23.8. The molecule has 3 aliphatic rings. The van der Waals surface area contributed by atoms with Gasteiger partial charge in [0.05, 0.1) is 26.7 Å². The minimum absolute atomic E-state index is 0.0535. The summed E-state index contributed by atoms with van der Waals surface area (Å²) < 4.78 is 5.78. The van der Waals surface area contributed by atoms with Gasteiger partial charge in [0.25, 0.3) is 0 Å². The lowest BCUT2D eigenvalue weighted by Gasteiger charge is -2.27. The molecule has 0 amide bonds. The molecule has 2 aromatic carbocycles. The van der Waals surface area contributed by atoms with E-state index in [-0.39, 0.29) is 6.04 Å². The molecule has 2 radical (unpaired) electrons. The van der Waals surface area contributed by atoms with Crippen LogP contribution in [0.1, 0.15) is 84.1 Å². The Morgan fingerprint density at radius 3 is 2.50 bits per heavy atom. The van der Waals surface area contributed by atoms with Crippen LogP contribution in [0.4, 0.5) is 5.82 Å². The maximum Gasteiger partial charge on any atom is 0.323 e. The van der Waals surface area contributed by atoms with Gasteiger partial charge >= 0.3 is 5.97 Å². The van der Waals surface area contributed by atoms with Gasteiger partial charge in [-0.3, -0.25) is 10.1 Å². The summed E-state index contributed by atoms with van der Waals surface area (Å²) >= 11 is 0. The summed E-state index contributed by atoms with van der Waals surface area (Å²) in [5.74, 6) is 0.591. The number of aliphatic carboxylic acids is 1. The highest BCUT2D eigenvalue weighted by molar-refractivity contribution is 7.43. The monoisotopic (exact) mass is 760 g/mol. The molecular weight excluding hydrogens is 709 g/mol. The first-order valence-electron chi connectivity index (χ1n) is 19.0. The molecule has 3 heterocycles. The van der Waals surface area contributed by atoms with E-state index in [0.29, 0.717) is 44.3 Å². The molecule has 1 saturated heterocycles. The third-order valence-corrected chi connectivity index (χ3v) is 11.9. The third-order valence-electron chi connectivity index (χ3n) is 11.3. The molecule has 280 valence electrons. The number of carboxylic acid groups (broad SMARTS) is 1. The molecule has 3 unspecified atom stereocenters. The number of hydrogen-bond donors (Lipinski definition) is 5. The van der Waals surface area contributed by atoms with Crippen LogP contribution in [0, 0.1) is 6.92 Å². The zero-order chi connectivity index (χ0) is 38.2. The van der Waals surface area contributed by atoms with E-state index in [1.54, 1.807) is 7.11 Å². The van der Waals surface area contributed by atoms with Gasteiger partial charge in [-0.15, -0.1) is 18.5 Å². The summed E-state index contributed by atoms with van der Waals surface area (Å²) in [7, 11) is 13.8. The van der Waals surface area contributed by atoms with Crippen LogP contribution < -0.4 is 26.0 Å². The topological polar surface area (TPSA) is 120 Å². The molecule has 4 aromatic rings. The van der Waals surface area contributed by atoms with Crippen LogP contribution in [-0.4, -0.2) is 54.1 Å². The number of rotatable bonds is 15. The number of fused-ring (bicyclic) bond motifs is 1. The second kappa shape index (κ2) is 15.7. The van der Waals surface area contributed by atoms with Gasteiger partial charge in [-0.05, 0) is 108 Å². The molecule has 1 aliphatic heterocycles. The first-order valence-corrected chi connectivity index (χ1v) is 20.1. The number of pyridine rings is 2. The Balaban J connectivity index is 1.13. The van der Waals surface area contributed by atoms with E-state index in [0.717, 1.165) is 77.4 Å². The van der Waals surface area contributed by atoms with E-state index in [9.17, 15) is 9.90 Å². The number of hydrogen-bond acceptors (Lipinski definition) is 8. The maximum atomic E-state index is 11.8. The Labute approximate surface area is 325 Å². The maximum absolute atomic E-state index is 11.8. The highest BCUT2D eigenvalue weighted by Crippen LogP contribution is 2.45. The number of nitrogens with zero attached hydrogens (tertiary/aromatic N) is 2. The highest BCUT2D eigenvalue weighted by Gasteiger charge is 2.50. The third kappa shape index (κ3) is 7.95. The van der Waals surface area contributed by atoms with Crippen molar-refractivity contribution in [1.29, 1.82) is 0 Å². The molecular formula is C42H51BN6O3P2. The summed E-state index contributed by atoms with van der Waals surface area (Å²) in [4.78, 5) is 21.1. The number of aromatic nitrogens is 2. The first kappa shape index (κ1) is 38.5. The van der Waals surface area contributed by atoms with Gasteiger partial charge in [0.15, 0.2) is 0 Å². The van der Waals surface area contributed by atoms with Crippen LogP contribution in [0.5, 0.6) is 5.88 Å². The fourth-order valence-corrected chi connectivity index (χ4v) is 8.46. The van der Waals surface area contributed by atoms with Crippen molar-refractivity contribution >= 4 is 38.1 Å². The van der Waals surface area contributed by atoms with Crippen molar-refractivity contribution in [2.45, 2.75) is 94.3 Å². The van der Waals surface area contributed by atoms with Crippen molar-refractivity contribution in [2.75, 3.05) is 19.0 Å². The SMILES string of the molecule is [B]C(P)(P)c1cc(CNC2(C(=O)O)CC2)c(CC)nc1N[C@H]1CCc2c(-c3cccc(-c4ccc(CNCC5CCC(=C)N5)c(OC)n4)c3C)cccc21. The Kier molecular flexibility index (Phi) is 11.2. The Bertz CT molecular complexity index is 2080. The van der Waals surface area contributed by atoms with Crippen LogP contribution >= 0.6 is 18.5 Å². The van der Waals surface area contributed by atoms with E-state index < -0.39 is 16.3 Å². The van der Waals surface area contributed by atoms with Gasteiger partial charge in [0.2, 0.25) is 5.88 Å². The Morgan fingerprint density at radius 1 is 1.06 bits per heavy atom. The quantitative estimate of drug-likeness (QED) is 0.0653. The van der Waals surface area contributed by atoms with Crippen molar-refractivity contribution in [1.82, 2.24) is 25.9 Å². The van der Waals surface area contributed by atoms with E-state index >= 15 is 0 Å². The largest absolute Gasteiger partial charge is 0.481 e. The molecule has 12 heteroatoms. The van der Waals surface area contributed by atoms with Gasteiger partial charge in [-0.1, -0.05) is 56.0 Å². The highest BCUT2D eigenvalue weighted by atomic mass is 31.1. The molecule has 5 N–H and O–H groups in total. The van der Waals surface area contributed by atoms with Crippen molar-refractivity contribution in [3.63, 3.8) is 0 Å². The smallest absolute Gasteiger partial charge is 0.323 e. The zero-order valence-corrected chi connectivity index (χ0v) is 33.8. The normalized spacial score (nSPS) is 18.6. The average Bonchev–Trinajstić information content (AvgIpc) is 3.68. The lowest BCUT2D eigenvalue weighted by molar-refractivity contribution is -0.140. The Hall–Kier alpha value is -3.81. The lowest BCUT2D eigenvalue weighted by Crippen LogP contribution is -2.38. The van der Waals surface area contributed by atoms with E-state index in [4.69, 9.17) is 22.6 Å². The number of anilines is 1.